The van der Waals surface area contributed by atoms with Crippen molar-refractivity contribution in [1.29, 1.82) is 0 Å². The van der Waals surface area contributed by atoms with Gasteiger partial charge in [0.25, 0.3) is 0 Å². The molecule has 0 amide bonds. The first kappa shape index (κ1) is 11.8. The molecule has 0 nitrogen and oxygen atoms in total. The van der Waals surface area contributed by atoms with E-state index in [1.165, 1.54) is 44.9 Å². The second-order valence-electron chi connectivity index (χ2n) is 6.98. The van der Waals surface area contributed by atoms with Gasteiger partial charge in [-0.2, -0.15) is 0 Å². The normalized spacial score (nSPS) is 40.1. The molecule has 0 aromatic heterocycles. The fraction of sp³-hybridized carbons (Fsp3) is 0.579. The molecule has 19 heavy (non-hydrogen) atoms. The summed E-state index contributed by atoms with van der Waals surface area (Å²) < 4.78 is 0. The zero-order valence-electron chi connectivity index (χ0n) is 11.8. The zero-order valence-corrected chi connectivity index (χ0v) is 11.8. The molecule has 0 saturated heterocycles. The van der Waals surface area contributed by atoms with Crippen LogP contribution in [0, 0.1) is 17.3 Å². The minimum Gasteiger partial charge on any atom is -0.103 e. The summed E-state index contributed by atoms with van der Waals surface area (Å²) in [5.41, 5.74) is 3.82. The lowest BCUT2D eigenvalue weighted by Gasteiger charge is -2.49. The average Bonchev–Trinajstić information content (AvgIpc) is 2.91. The monoisotopic (exact) mass is 252 g/mol. The number of aryl methyl sites for hydroxylation is 1. The van der Waals surface area contributed by atoms with E-state index < -0.39 is 0 Å². The number of benzene rings is 1. The summed E-state index contributed by atoms with van der Waals surface area (Å²) in [4.78, 5) is 0. The summed E-state index contributed by atoms with van der Waals surface area (Å²) in [6.07, 6.45) is 12.1. The van der Waals surface area contributed by atoms with E-state index in [9.17, 15) is 0 Å². The van der Waals surface area contributed by atoms with Crippen LogP contribution in [-0.4, -0.2) is 0 Å². The Bertz CT molecular complexity index is 501. The Morgan fingerprint density at radius 1 is 1.11 bits per heavy atom. The predicted molar refractivity (Wildman–Crippen MR) is 80.2 cm³/mol. The van der Waals surface area contributed by atoms with E-state index in [-0.39, 0.29) is 0 Å². The Kier molecular flexibility index (Phi) is 2.62. The van der Waals surface area contributed by atoms with Crippen molar-refractivity contribution < 1.29 is 0 Å². The van der Waals surface area contributed by atoms with Gasteiger partial charge in [0.2, 0.25) is 0 Å². The average molecular weight is 252 g/mol. The van der Waals surface area contributed by atoms with Crippen LogP contribution in [0.5, 0.6) is 0 Å². The highest BCUT2D eigenvalue weighted by molar-refractivity contribution is 5.35. The van der Waals surface area contributed by atoms with Gasteiger partial charge < -0.3 is 0 Å². The van der Waals surface area contributed by atoms with Crippen molar-refractivity contribution in [2.75, 3.05) is 0 Å². The van der Waals surface area contributed by atoms with Gasteiger partial charge in [-0.1, -0.05) is 36.8 Å². The van der Waals surface area contributed by atoms with Gasteiger partial charge in [0.1, 0.15) is 0 Å². The SMILES string of the molecule is C=C[C@@]12CCC[C@H]1[C@@H]1CCc3ccccc3[C@H]1CC2. The summed E-state index contributed by atoms with van der Waals surface area (Å²) in [7, 11) is 0. The molecule has 0 N–H and O–H groups in total. The van der Waals surface area contributed by atoms with E-state index in [0.717, 1.165) is 17.8 Å². The standard InChI is InChI=1S/C19H24/c1-2-19-12-5-8-18(19)17-10-9-14-6-3-4-7-15(14)16(17)11-13-19/h2-4,6-7,16-18H,1,5,8-13H2/t16-,17-,18+,19+/m1/s1. The number of rotatable bonds is 1. The van der Waals surface area contributed by atoms with Gasteiger partial charge in [0.15, 0.2) is 0 Å². The molecule has 100 valence electrons. The molecule has 0 radical (unpaired) electrons. The molecule has 4 atom stereocenters. The predicted octanol–water partition coefficient (Wildman–Crippen LogP) is 5.10. The number of allylic oxidation sites excluding steroid dienone is 1. The van der Waals surface area contributed by atoms with Crippen molar-refractivity contribution in [2.45, 2.75) is 50.9 Å². The van der Waals surface area contributed by atoms with Gasteiger partial charge in [-0.25, -0.2) is 0 Å². The van der Waals surface area contributed by atoms with Crippen molar-refractivity contribution in [3.63, 3.8) is 0 Å². The summed E-state index contributed by atoms with van der Waals surface area (Å²) in [5, 5.41) is 0. The Morgan fingerprint density at radius 3 is 2.89 bits per heavy atom. The lowest BCUT2D eigenvalue weighted by molar-refractivity contribution is 0.0831. The maximum absolute atomic E-state index is 4.20. The molecule has 3 aliphatic rings. The highest BCUT2D eigenvalue weighted by atomic mass is 14.5. The maximum atomic E-state index is 4.20. The zero-order chi connectivity index (χ0) is 12.9. The molecule has 2 saturated carbocycles. The number of fused-ring (bicyclic) bond motifs is 5. The molecule has 2 fully saturated rings. The van der Waals surface area contributed by atoms with Crippen LogP contribution in [0.2, 0.25) is 0 Å². The second kappa shape index (κ2) is 4.23. The third-order valence-electron chi connectivity index (χ3n) is 6.46. The van der Waals surface area contributed by atoms with Crippen molar-refractivity contribution >= 4 is 0 Å². The van der Waals surface area contributed by atoms with Crippen molar-refractivity contribution in [3.8, 4) is 0 Å². The lowest BCUT2D eigenvalue weighted by atomic mass is 9.55. The molecule has 0 aliphatic heterocycles. The Morgan fingerprint density at radius 2 is 2.00 bits per heavy atom. The molecule has 0 heteroatoms. The second-order valence-corrected chi connectivity index (χ2v) is 6.98. The molecule has 1 aromatic rings. The minimum absolute atomic E-state index is 0.507. The van der Waals surface area contributed by atoms with Crippen LogP contribution in [-0.2, 0) is 6.42 Å². The minimum atomic E-state index is 0.507. The summed E-state index contributed by atoms with van der Waals surface area (Å²) >= 11 is 0. The largest absolute Gasteiger partial charge is 0.103 e. The lowest BCUT2D eigenvalue weighted by Crippen LogP contribution is -2.40. The first-order valence-electron chi connectivity index (χ1n) is 8.05. The first-order valence-corrected chi connectivity index (χ1v) is 8.05. The van der Waals surface area contributed by atoms with Crippen molar-refractivity contribution in [2.24, 2.45) is 17.3 Å². The van der Waals surface area contributed by atoms with Crippen LogP contribution < -0.4 is 0 Å². The van der Waals surface area contributed by atoms with E-state index in [0.29, 0.717) is 5.41 Å². The third-order valence-corrected chi connectivity index (χ3v) is 6.46. The van der Waals surface area contributed by atoms with E-state index in [4.69, 9.17) is 0 Å². The van der Waals surface area contributed by atoms with Gasteiger partial charge in [0, 0.05) is 0 Å². The fourth-order valence-corrected chi connectivity index (χ4v) is 5.58. The summed E-state index contributed by atoms with van der Waals surface area (Å²) in [5.74, 6) is 2.71. The van der Waals surface area contributed by atoms with Crippen LogP contribution >= 0.6 is 0 Å². The van der Waals surface area contributed by atoms with Gasteiger partial charge in [-0.05, 0) is 72.8 Å². The van der Waals surface area contributed by atoms with Crippen LogP contribution in [0.25, 0.3) is 0 Å². The van der Waals surface area contributed by atoms with Gasteiger partial charge in [-0.15, -0.1) is 6.58 Å². The van der Waals surface area contributed by atoms with Gasteiger partial charge in [0.05, 0.1) is 0 Å². The summed E-state index contributed by atoms with van der Waals surface area (Å²) in [6, 6.07) is 9.22. The van der Waals surface area contributed by atoms with E-state index >= 15 is 0 Å². The quantitative estimate of drug-likeness (QED) is 0.610. The highest BCUT2D eigenvalue weighted by Gasteiger charge is 2.50. The topological polar surface area (TPSA) is 0 Å². The van der Waals surface area contributed by atoms with Gasteiger partial charge >= 0.3 is 0 Å². The molecule has 0 unspecified atom stereocenters. The van der Waals surface area contributed by atoms with Crippen molar-refractivity contribution in [3.05, 3.63) is 48.0 Å². The smallest absolute Gasteiger partial charge is 0.00896 e. The molecule has 4 rings (SSSR count). The molecule has 0 heterocycles. The highest BCUT2D eigenvalue weighted by Crippen LogP contribution is 2.61. The first-order chi connectivity index (χ1) is 9.34. The Hall–Kier alpha value is -1.04. The van der Waals surface area contributed by atoms with E-state index in [1.807, 2.05) is 0 Å². The van der Waals surface area contributed by atoms with Gasteiger partial charge in [-0.3, -0.25) is 0 Å². The fourth-order valence-electron chi connectivity index (χ4n) is 5.58. The number of hydrogen-bond acceptors (Lipinski definition) is 0. The molecule has 0 spiro atoms. The molecule has 1 aromatic carbocycles. The van der Waals surface area contributed by atoms with E-state index in [1.54, 1.807) is 11.1 Å². The third kappa shape index (κ3) is 1.58. The van der Waals surface area contributed by atoms with Crippen LogP contribution in [0.4, 0.5) is 0 Å². The molecule has 0 bridgehead atoms. The summed E-state index contributed by atoms with van der Waals surface area (Å²) in [6.45, 7) is 4.20. The van der Waals surface area contributed by atoms with Crippen molar-refractivity contribution in [1.82, 2.24) is 0 Å². The molecular weight excluding hydrogens is 228 g/mol. The van der Waals surface area contributed by atoms with Crippen LogP contribution in [0.3, 0.4) is 0 Å². The van der Waals surface area contributed by atoms with Crippen LogP contribution in [0.15, 0.2) is 36.9 Å². The number of hydrogen-bond donors (Lipinski definition) is 0. The maximum Gasteiger partial charge on any atom is -0.00896 e. The molecular formula is C19H24. The van der Waals surface area contributed by atoms with Crippen LogP contribution in [0.1, 0.15) is 55.6 Å². The molecule has 3 aliphatic carbocycles. The Balaban J connectivity index is 1.73. The van der Waals surface area contributed by atoms with E-state index in [2.05, 4.69) is 36.9 Å². The Labute approximate surface area is 116 Å².